The summed E-state index contributed by atoms with van der Waals surface area (Å²) in [5, 5.41) is 9.72. The summed E-state index contributed by atoms with van der Waals surface area (Å²) in [6, 6.07) is 8.20. The quantitative estimate of drug-likeness (QED) is 0.801. The Balaban J connectivity index is 3.15. The highest BCUT2D eigenvalue weighted by atomic mass is 16.3. The number of hydrogen-bond donors (Lipinski definition) is 2. The van der Waals surface area contributed by atoms with Crippen LogP contribution in [0.15, 0.2) is 24.3 Å². The fourth-order valence-corrected chi connectivity index (χ4v) is 2.47. The number of aliphatic hydroxyl groups excluding tert-OH is 1. The summed E-state index contributed by atoms with van der Waals surface area (Å²) in [4.78, 5) is 0. The third-order valence-electron chi connectivity index (χ3n) is 3.21. The molecule has 0 heterocycles. The highest BCUT2D eigenvalue weighted by Crippen LogP contribution is 2.32. The molecule has 1 aromatic carbocycles. The van der Waals surface area contributed by atoms with Crippen LogP contribution in [0.1, 0.15) is 31.4 Å². The number of hydrogen-bond acceptors (Lipinski definition) is 2. The van der Waals surface area contributed by atoms with Gasteiger partial charge in [-0.25, -0.2) is 0 Å². The van der Waals surface area contributed by atoms with Gasteiger partial charge in [-0.1, -0.05) is 38.1 Å². The maximum atomic E-state index is 9.72. The largest absolute Gasteiger partial charge is 0.395 e. The van der Waals surface area contributed by atoms with Crippen molar-refractivity contribution in [2.45, 2.75) is 32.6 Å². The van der Waals surface area contributed by atoms with E-state index in [2.05, 4.69) is 32.9 Å². The van der Waals surface area contributed by atoms with E-state index < -0.39 is 0 Å². The zero-order valence-electron chi connectivity index (χ0n) is 10.5. The molecule has 0 aromatic heterocycles. The molecule has 0 saturated heterocycles. The third kappa shape index (κ3) is 2.63. The molecule has 1 unspecified atom stereocenters. The van der Waals surface area contributed by atoms with Gasteiger partial charge in [0.15, 0.2) is 0 Å². The van der Waals surface area contributed by atoms with Crippen LogP contribution in [-0.4, -0.2) is 18.3 Å². The Labute approximate surface area is 98.5 Å². The smallest absolute Gasteiger partial charge is 0.0540 e. The zero-order valence-corrected chi connectivity index (χ0v) is 10.5. The lowest BCUT2D eigenvalue weighted by Gasteiger charge is -2.34. The third-order valence-corrected chi connectivity index (χ3v) is 3.21. The van der Waals surface area contributed by atoms with Gasteiger partial charge in [-0.2, -0.15) is 0 Å². The Morgan fingerprint density at radius 1 is 1.31 bits per heavy atom. The Hall–Kier alpha value is -0.860. The fraction of sp³-hybridized carbons (Fsp3) is 0.571. The molecule has 2 nitrogen and oxygen atoms in total. The monoisotopic (exact) mass is 221 g/mol. The van der Waals surface area contributed by atoms with Crippen LogP contribution in [0.4, 0.5) is 0 Å². The van der Waals surface area contributed by atoms with Gasteiger partial charge in [-0.15, -0.1) is 0 Å². The van der Waals surface area contributed by atoms with E-state index in [4.69, 9.17) is 5.73 Å². The molecule has 0 bridgehead atoms. The van der Waals surface area contributed by atoms with Crippen molar-refractivity contribution in [2.75, 3.05) is 13.2 Å². The topological polar surface area (TPSA) is 46.2 Å². The lowest BCUT2D eigenvalue weighted by molar-refractivity contribution is 0.174. The van der Waals surface area contributed by atoms with Crippen LogP contribution < -0.4 is 5.73 Å². The summed E-state index contributed by atoms with van der Waals surface area (Å²) in [5.74, 6) is 0.523. The van der Waals surface area contributed by atoms with Gasteiger partial charge >= 0.3 is 0 Å². The van der Waals surface area contributed by atoms with Gasteiger partial charge in [0.05, 0.1) is 6.61 Å². The molecule has 1 atom stereocenters. The summed E-state index contributed by atoms with van der Waals surface area (Å²) >= 11 is 0. The van der Waals surface area contributed by atoms with Gasteiger partial charge in [0, 0.05) is 12.0 Å². The first kappa shape index (κ1) is 13.2. The molecule has 1 rings (SSSR count). The average molecular weight is 221 g/mol. The molecule has 0 amide bonds. The highest BCUT2D eigenvalue weighted by Gasteiger charge is 2.32. The molecule has 0 saturated carbocycles. The van der Waals surface area contributed by atoms with Crippen LogP contribution in [0.25, 0.3) is 0 Å². The van der Waals surface area contributed by atoms with Crippen molar-refractivity contribution in [2.24, 2.45) is 11.7 Å². The van der Waals surface area contributed by atoms with Gasteiger partial charge in [0.1, 0.15) is 0 Å². The predicted molar refractivity (Wildman–Crippen MR) is 68.5 cm³/mol. The molecular formula is C14H23NO. The van der Waals surface area contributed by atoms with E-state index in [1.54, 1.807) is 0 Å². The van der Waals surface area contributed by atoms with Crippen molar-refractivity contribution in [3.8, 4) is 0 Å². The molecule has 0 fully saturated rings. The molecule has 0 spiro atoms. The number of benzene rings is 1. The first-order chi connectivity index (χ1) is 7.55. The van der Waals surface area contributed by atoms with Crippen LogP contribution in [0.3, 0.4) is 0 Å². The first-order valence-corrected chi connectivity index (χ1v) is 5.93. The van der Waals surface area contributed by atoms with E-state index in [1.165, 1.54) is 11.1 Å². The molecule has 16 heavy (non-hydrogen) atoms. The summed E-state index contributed by atoms with van der Waals surface area (Å²) in [5.41, 5.74) is 8.03. The molecule has 3 N–H and O–H groups in total. The van der Waals surface area contributed by atoms with Crippen LogP contribution in [0, 0.1) is 12.8 Å². The maximum Gasteiger partial charge on any atom is 0.0540 e. The van der Waals surface area contributed by atoms with Gasteiger partial charge in [-0.05, 0) is 30.4 Å². The Bertz CT molecular complexity index is 329. The second-order valence-electron chi connectivity index (χ2n) is 5.06. The standard InChI is InChI=1S/C14H23NO/c1-11(2)8-14(9-15,10-16)13-7-5-4-6-12(13)3/h4-7,11,16H,8-10,15H2,1-3H3. The molecule has 2 heteroatoms. The van der Waals surface area contributed by atoms with Crippen molar-refractivity contribution in [1.82, 2.24) is 0 Å². The van der Waals surface area contributed by atoms with Crippen molar-refractivity contribution < 1.29 is 5.11 Å². The second kappa shape index (κ2) is 5.46. The fourth-order valence-electron chi connectivity index (χ4n) is 2.47. The lowest BCUT2D eigenvalue weighted by Crippen LogP contribution is -2.40. The van der Waals surface area contributed by atoms with Gasteiger partial charge in [0.25, 0.3) is 0 Å². The van der Waals surface area contributed by atoms with Crippen LogP contribution >= 0.6 is 0 Å². The Kier molecular flexibility index (Phi) is 4.51. The molecule has 1 aromatic rings. The van der Waals surface area contributed by atoms with E-state index in [0.717, 1.165) is 6.42 Å². The molecule has 0 aliphatic rings. The molecular weight excluding hydrogens is 198 g/mol. The minimum atomic E-state index is -0.278. The SMILES string of the molecule is Cc1ccccc1C(CN)(CO)CC(C)C. The van der Waals surface area contributed by atoms with E-state index in [1.807, 2.05) is 12.1 Å². The number of rotatable bonds is 5. The number of nitrogens with two attached hydrogens (primary N) is 1. The molecule has 0 aliphatic carbocycles. The van der Waals surface area contributed by atoms with Gasteiger partial charge in [-0.3, -0.25) is 0 Å². The maximum absolute atomic E-state index is 9.72. The molecule has 90 valence electrons. The van der Waals surface area contributed by atoms with E-state index in [9.17, 15) is 5.11 Å². The molecule has 0 aliphatic heterocycles. The minimum absolute atomic E-state index is 0.118. The van der Waals surface area contributed by atoms with Gasteiger partial charge in [0.2, 0.25) is 0 Å². The summed E-state index contributed by atoms with van der Waals surface area (Å²) in [7, 11) is 0. The zero-order chi connectivity index (χ0) is 12.2. The molecule has 0 radical (unpaired) electrons. The van der Waals surface area contributed by atoms with E-state index in [-0.39, 0.29) is 12.0 Å². The number of aliphatic hydroxyl groups is 1. The van der Waals surface area contributed by atoms with Crippen molar-refractivity contribution in [3.05, 3.63) is 35.4 Å². The predicted octanol–water partition coefficient (Wildman–Crippen LogP) is 2.23. The highest BCUT2D eigenvalue weighted by molar-refractivity contribution is 5.34. The normalized spacial score (nSPS) is 15.1. The van der Waals surface area contributed by atoms with Crippen LogP contribution in [0.2, 0.25) is 0 Å². The first-order valence-electron chi connectivity index (χ1n) is 5.93. The minimum Gasteiger partial charge on any atom is -0.395 e. The van der Waals surface area contributed by atoms with Crippen LogP contribution in [0.5, 0.6) is 0 Å². The Morgan fingerprint density at radius 3 is 2.38 bits per heavy atom. The second-order valence-corrected chi connectivity index (χ2v) is 5.06. The lowest BCUT2D eigenvalue weighted by atomic mass is 9.73. The van der Waals surface area contributed by atoms with Crippen LogP contribution in [-0.2, 0) is 5.41 Å². The summed E-state index contributed by atoms with van der Waals surface area (Å²) in [6.07, 6.45) is 0.921. The average Bonchev–Trinajstić information content (AvgIpc) is 2.26. The van der Waals surface area contributed by atoms with Crippen molar-refractivity contribution in [3.63, 3.8) is 0 Å². The Morgan fingerprint density at radius 2 is 1.94 bits per heavy atom. The summed E-state index contributed by atoms with van der Waals surface area (Å²) < 4.78 is 0. The van der Waals surface area contributed by atoms with Crippen molar-refractivity contribution >= 4 is 0 Å². The van der Waals surface area contributed by atoms with E-state index >= 15 is 0 Å². The van der Waals surface area contributed by atoms with Gasteiger partial charge < -0.3 is 10.8 Å². The van der Waals surface area contributed by atoms with E-state index in [0.29, 0.717) is 12.5 Å². The number of aryl methyl sites for hydroxylation is 1. The van der Waals surface area contributed by atoms with Crippen molar-refractivity contribution in [1.29, 1.82) is 0 Å². The summed E-state index contributed by atoms with van der Waals surface area (Å²) in [6.45, 7) is 7.02.